The Morgan fingerprint density at radius 1 is 0.886 bits per heavy atom. The van der Waals surface area contributed by atoms with E-state index in [1.165, 1.54) is 11.1 Å². The quantitative estimate of drug-likeness (QED) is 0.331. The van der Waals surface area contributed by atoms with E-state index in [0.717, 1.165) is 30.0 Å². The van der Waals surface area contributed by atoms with Gasteiger partial charge in [0.05, 0.1) is 17.8 Å². The van der Waals surface area contributed by atoms with Crippen molar-refractivity contribution in [2.75, 3.05) is 18.0 Å². The first-order chi connectivity index (χ1) is 20.8. The summed E-state index contributed by atoms with van der Waals surface area (Å²) >= 11 is 0. The Kier molecular flexibility index (Phi) is 9.07. The molecule has 0 radical (unpaired) electrons. The van der Waals surface area contributed by atoms with Crippen molar-refractivity contribution < 1.29 is 19.0 Å². The van der Waals surface area contributed by atoms with Crippen LogP contribution in [0.3, 0.4) is 0 Å². The molecule has 0 bridgehead atoms. The van der Waals surface area contributed by atoms with Gasteiger partial charge in [0.2, 0.25) is 5.95 Å². The van der Waals surface area contributed by atoms with Crippen molar-refractivity contribution in [3.63, 3.8) is 0 Å². The minimum absolute atomic E-state index is 0.0436. The van der Waals surface area contributed by atoms with Crippen molar-refractivity contribution in [2.45, 2.75) is 103 Å². The van der Waals surface area contributed by atoms with Crippen LogP contribution in [0.2, 0.25) is 0 Å². The fourth-order valence-corrected chi connectivity index (χ4v) is 5.91. The van der Waals surface area contributed by atoms with E-state index in [-0.39, 0.29) is 35.7 Å². The molecule has 9 nitrogen and oxygen atoms in total. The molecule has 1 aliphatic heterocycles. The van der Waals surface area contributed by atoms with Gasteiger partial charge in [0.25, 0.3) is 0 Å². The molecular formula is C35H47N5O4. The summed E-state index contributed by atoms with van der Waals surface area (Å²) in [5, 5.41) is 0. The van der Waals surface area contributed by atoms with Gasteiger partial charge in [0.1, 0.15) is 29.8 Å². The lowest BCUT2D eigenvalue weighted by Gasteiger charge is -2.44. The van der Waals surface area contributed by atoms with Crippen LogP contribution in [0.4, 0.5) is 10.7 Å². The summed E-state index contributed by atoms with van der Waals surface area (Å²) in [6.07, 6.45) is 3.56. The van der Waals surface area contributed by atoms with Crippen LogP contribution < -0.4 is 20.1 Å². The van der Waals surface area contributed by atoms with Gasteiger partial charge >= 0.3 is 6.09 Å². The summed E-state index contributed by atoms with van der Waals surface area (Å²) in [4.78, 5) is 26.0. The van der Waals surface area contributed by atoms with Gasteiger partial charge in [0.15, 0.2) is 0 Å². The minimum atomic E-state index is -0.533. The van der Waals surface area contributed by atoms with Crippen molar-refractivity contribution in [1.82, 2.24) is 14.9 Å². The van der Waals surface area contributed by atoms with Crippen molar-refractivity contribution in [3.8, 4) is 11.5 Å². The SMILES string of the molecule is C[C@@H]1CN(c2nccc(COc3ccc(C(C)(C)c4ccc(OC5CC(N)C5)cc4)cc3)n2)C[C@H](C)N1C(=O)OC(C)(C)C. The van der Waals surface area contributed by atoms with Crippen molar-refractivity contribution in [1.29, 1.82) is 0 Å². The van der Waals surface area contributed by atoms with Crippen molar-refractivity contribution >= 4 is 12.0 Å². The molecule has 5 rings (SSSR count). The molecule has 2 aromatic carbocycles. The second-order valence-corrected chi connectivity index (χ2v) is 13.8. The topological polar surface area (TPSA) is 103 Å². The molecule has 1 amide bonds. The molecule has 2 atom stereocenters. The molecule has 1 aromatic heterocycles. The molecular weight excluding hydrogens is 554 g/mol. The number of carbonyl (C=O) groups excluding carboxylic acids is 1. The second-order valence-electron chi connectivity index (χ2n) is 13.8. The maximum Gasteiger partial charge on any atom is 0.410 e. The Morgan fingerprint density at radius 2 is 1.45 bits per heavy atom. The van der Waals surface area contributed by atoms with Gasteiger partial charge in [-0.2, -0.15) is 0 Å². The standard InChI is InChI=1S/C35H47N5O4/c1-23-20-39(21-24(2)40(23)33(41)44-34(3,4)5)32-37-17-16-28(38-32)22-42-29-12-8-25(9-13-29)35(6,7)26-10-14-30(15-11-26)43-31-18-27(36)19-31/h8-17,23-24,27,31H,18-22,36H2,1-7H3/t23-,24+,27?,31?. The summed E-state index contributed by atoms with van der Waals surface area (Å²) in [5.41, 5.74) is 8.37. The number of ether oxygens (including phenoxy) is 3. The number of hydrogen-bond acceptors (Lipinski definition) is 8. The number of amides is 1. The smallest absolute Gasteiger partial charge is 0.410 e. The second kappa shape index (κ2) is 12.6. The minimum Gasteiger partial charge on any atom is -0.490 e. The van der Waals surface area contributed by atoms with E-state index in [4.69, 9.17) is 24.9 Å². The average Bonchev–Trinajstić information content (AvgIpc) is 2.94. The predicted molar refractivity (Wildman–Crippen MR) is 172 cm³/mol. The van der Waals surface area contributed by atoms with Crippen LogP contribution in [0.5, 0.6) is 11.5 Å². The highest BCUT2D eigenvalue weighted by molar-refractivity contribution is 5.69. The van der Waals surface area contributed by atoms with E-state index in [9.17, 15) is 4.79 Å². The summed E-state index contributed by atoms with van der Waals surface area (Å²) in [7, 11) is 0. The average molecular weight is 602 g/mol. The van der Waals surface area contributed by atoms with E-state index in [1.54, 1.807) is 6.20 Å². The zero-order chi connectivity index (χ0) is 31.6. The van der Waals surface area contributed by atoms with Crippen molar-refractivity contribution in [3.05, 3.63) is 77.6 Å². The number of nitrogens with two attached hydrogens (primary N) is 1. The Balaban J connectivity index is 1.17. The fraction of sp³-hybridized carbons (Fsp3) is 0.514. The number of carbonyl (C=O) groups is 1. The van der Waals surface area contributed by atoms with E-state index in [2.05, 4.69) is 60.1 Å². The van der Waals surface area contributed by atoms with Crippen LogP contribution in [0.15, 0.2) is 60.8 Å². The summed E-state index contributed by atoms with van der Waals surface area (Å²) in [6, 6.07) is 18.7. The highest BCUT2D eigenvalue weighted by Crippen LogP contribution is 2.34. The van der Waals surface area contributed by atoms with Gasteiger partial charge in [-0.25, -0.2) is 14.8 Å². The molecule has 0 unspecified atom stereocenters. The van der Waals surface area contributed by atoms with Crippen LogP contribution in [-0.4, -0.2) is 63.9 Å². The third-order valence-corrected chi connectivity index (χ3v) is 8.48. The molecule has 1 saturated heterocycles. The Hall–Kier alpha value is -3.85. The number of piperazine rings is 1. The van der Waals surface area contributed by atoms with Gasteiger partial charge in [-0.1, -0.05) is 38.1 Å². The molecule has 0 spiro atoms. The molecule has 2 N–H and O–H groups in total. The van der Waals surface area contributed by atoms with Crippen molar-refractivity contribution in [2.24, 2.45) is 5.73 Å². The maximum atomic E-state index is 12.8. The lowest BCUT2D eigenvalue weighted by molar-refractivity contribution is 0.00553. The molecule has 2 fully saturated rings. The third kappa shape index (κ3) is 7.44. The Morgan fingerprint density at radius 3 is 2.00 bits per heavy atom. The zero-order valence-electron chi connectivity index (χ0n) is 27.1. The van der Waals surface area contributed by atoms with E-state index >= 15 is 0 Å². The molecule has 9 heteroatoms. The Labute approximate surface area is 261 Å². The maximum absolute atomic E-state index is 12.8. The molecule has 2 aliphatic rings. The van der Waals surface area contributed by atoms with Gasteiger partial charge in [-0.05, 0) is 88.9 Å². The highest BCUT2D eigenvalue weighted by Gasteiger charge is 2.36. The number of nitrogens with zero attached hydrogens (tertiary/aromatic N) is 4. The van der Waals surface area contributed by atoms with E-state index < -0.39 is 5.60 Å². The summed E-state index contributed by atoms with van der Waals surface area (Å²) < 4.78 is 17.8. The number of benzene rings is 2. The third-order valence-electron chi connectivity index (χ3n) is 8.48. The molecule has 1 saturated carbocycles. The van der Waals surface area contributed by atoms with Gasteiger partial charge in [-0.3, -0.25) is 4.90 Å². The lowest BCUT2D eigenvalue weighted by atomic mass is 9.78. The molecule has 44 heavy (non-hydrogen) atoms. The molecule has 2 heterocycles. The molecule has 3 aromatic rings. The van der Waals surface area contributed by atoms with E-state index in [0.29, 0.717) is 25.6 Å². The monoisotopic (exact) mass is 601 g/mol. The molecule has 236 valence electrons. The lowest BCUT2D eigenvalue weighted by Crippen LogP contribution is -2.59. The van der Waals surface area contributed by atoms with Crippen LogP contribution in [0.1, 0.15) is 78.1 Å². The fourth-order valence-electron chi connectivity index (χ4n) is 5.91. The number of rotatable bonds is 8. The van der Waals surface area contributed by atoms with Gasteiger partial charge in [-0.15, -0.1) is 0 Å². The van der Waals surface area contributed by atoms with Crippen LogP contribution in [-0.2, 0) is 16.8 Å². The van der Waals surface area contributed by atoms with Gasteiger partial charge < -0.3 is 24.8 Å². The van der Waals surface area contributed by atoms with Gasteiger partial charge in [0, 0.05) is 30.7 Å². The normalized spacial score (nSPS) is 22.3. The number of anilines is 1. The Bertz CT molecular complexity index is 1400. The first-order valence-corrected chi connectivity index (χ1v) is 15.6. The van der Waals surface area contributed by atoms with E-state index in [1.807, 2.05) is 57.7 Å². The predicted octanol–water partition coefficient (Wildman–Crippen LogP) is 6.08. The first kappa shape index (κ1) is 31.6. The van der Waals surface area contributed by atoms with Crippen LogP contribution in [0.25, 0.3) is 0 Å². The van der Waals surface area contributed by atoms with Crippen LogP contribution >= 0.6 is 0 Å². The van der Waals surface area contributed by atoms with Crippen LogP contribution in [0, 0.1) is 0 Å². The largest absolute Gasteiger partial charge is 0.490 e. The molecule has 1 aliphatic carbocycles. The first-order valence-electron chi connectivity index (χ1n) is 15.6. The zero-order valence-corrected chi connectivity index (χ0v) is 27.1. The highest BCUT2D eigenvalue weighted by atomic mass is 16.6. The summed E-state index contributed by atoms with van der Waals surface area (Å²) in [6.45, 7) is 15.7. The number of hydrogen-bond donors (Lipinski definition) is 1. The summed E-state index contributed by atoms with van der Waals surface area (Å²) in [5.74, 6) is 2.31. The number of aromatic nitrogens is 2.